The zero-order chi connectivity index (χ0) is 21.4. The van der Waals surface area contributed by atoms with Gasteiger partial charge in [-0.2, -0.15) is 0 Å². The average molecular weight is 404 g/mol. The molecule has 0 aliphatic carbocycles. The molecule has 0 radical (unpaired) electrons. The number of hydrogen-bond donors (Lipinski definition) is 2. The molecule has 0 spiro atoms. The van der Waals surface area contributed by atoms with Crippen molar-refractivity contribution in [3.63, 3.8) is 0 Å². The number of benzene rings is 2. The fourth-order valence-corrected chi connectivity index (χ4v) is 4.61. The van der Waals surface area contributed by atoms with E-state index in [0.717, 1.165) is 24.1 Å². The number of carbonyl (C=O) groups excluding carboxylic acids is 1. The summed E-state index contributed by atoms with van der Waals surface area (Å²) in [5.41, 5.74) is 1.68. The van der Waals surface area contributed by atoms with Crippen LogP contribution in [0.5, 0.6) is 0 Å². The van der Waals surface area contributed by atoms with E-state index in [-0.39, 0.29) is 28.9 Å². The Morgan fingerprint density at radius 3 is 2.13 bits per heavy atom. The SMILES string of the molecule is CC1(C)CC(NC(=O)c2nc(-c3ccccc3)n(-c3ccccc3)n2)CC(C)(C)N1. The summed E-state index contributed by atoms with van der Waals surface area (Å²) in [6, 6.07) is 19.7. The molecule has 2 aromatic carbocycles. The molecule has 0 saturated carbocycles. The molecule has 0 bridgehead atoms. The molecule has 3 aromatic rings. The molecule has 0 atom stereocenters. The second-order valence-electron chi connectivity index (χ2n) is 9.34. The number of para-hydroxylation sites is 1. The van der Waals surface area contributed by atoms with Crippen LogP contribution in [0.2, 0.25) is 0 Å². The Labute approximate surface area is 177 Å². The van der Waals surface area contributed by atoms with Crippen LogP contribution in [0.4, 0.5) is 0 Å². The van der Waals surface area contributed by atoms with Crippen molar-refractivity contribution in [1.29, 1.82) is 0 Å². The number of aromatic nitrogens is 3. The van der Waals surface area contributed by atoms with Crippen LogP contribution < -0.4 is 10.6 Å². The van der Waals surface area contributed by atoms with Crippen molar-refractivity contribution in [2.75, 3.05) is 0 Å². The van der Waals surface area contributed by atoms with Gasteiger partial charge in [-0.05, 0) is 52.7 Å². The zero-order valence-corrected chi connectivity index (χ0v) is 18.0. The highest BCUT2D eigenvalue weighted by Crippen LogP contribution is 2.29. The molecule has 2 N–H and O–H groups in total. The van der Waals surface area contributed by atoms with Crippen LogP contribution in [-0.2, 0) is 0 Å². The molecule has 4 rings (SSSR count). The number of carbonyl (C=O) groups is 1. The Balaban J connectivity index is 1.65. The van der Waals surface area contributed by atoms with E-state index in [1.54, 1.807) is 4.68 Å². The van der Waals surface area contributed by atoms with E-state index in [2.05, 4.69) is 48.4 Å². The summed E-state index contributed by atoms with van der Waals surface area (Å²) in [5, 5.41) is 11.4. The maximum absolute atomic E-state index is 13.1. The fraction of sp³-hybridized carbons (Fsp3) is 0.375. The molecule has 1 aliphatic heterocycles. The molecule has 6 heteroatoms. The van der Waals surface area contributed by atoms with Gasteiger partial charge in [-0.3, -0.25) is 4.79 Å². The molecule has 30 heavy (non-hydrogen) atoms. The number of hydrogen-bond acceptors (Lipinski definition) is 4. The van der Waals surface area contributed by atoms with Crippen LogP contribution in [0.3, 0.4) is 0 Å². The van der Waals surface area contributed by atoms with Crippen LogP contribution in [0, 0.1) is 0 Å². The van der Waals surface area contributed by atoms with Crippen LogP contribution in [0.1, 0.15) is 51.2 Å². The zero-order valence-electron chi connectivity index (χ0n) is 18.0. The standard InChI is InChI=1S/C24H29N5O/c1-23(2)15-18(16-24(3,4)28-23)25-22(30)20-26-21(17-11-7-5-8-12-17)29(27-20)19-13-9-6-10-14-19/h5-14,18,28H,15-16H2,1-4H3,(H,25,30). The van der Waals surface area contributed by atoms with Gasteiger partial charge in [-0.25, -0.2) is 9.67 Å². The summed E-state index contributed by atoms with van der Waals surface area (Å²) in [4.78, 5) is 17.7. The lowest BCUT2D eigenvalue weighted by Crippen LogP contribution is -2.62. The lowest BCUT2D eigenvalue weighted by Gasteiger charge is -2.46. The third-order valence-corrected chi connectivity index (χ3v) is 5.37. The lowest BCUT2D eigenvalue weighted by molar-refractivity contribution is 0.0863. The highest BCUT2D eigenvalue weighted by atomic mass is 16.2. The maximum Gasteiger partial charge on any atom is 0.291 e. The molecular formula is C24H29N5O. The van der Waals surface area contributed by atoms with E-state index in [9.17, 15) is 4.79 Å². The third-order valence-electron chi connectivity index (χ3n) is 5.37. The summed E-state index contributed by atoms with van der Waals surface area (Å²) >= 11 is 0. The van der Waals surface area contributed by atoms with Crippen molar-refractivity contribution in [2.45, 2.75) is 57.7 Å². The Morgan fingerprint density at radius 2 is 1.53 bits per heavy atom. The molecule has 1 aromatic heterocycles. The quantitative estimate of drug-likeness (QED) is 0.691. The van der Waals surface area contributed by atoms with Crippen LogP contribution in [0.25, 0.3) is 17.1 Å². The van der Waals surface area contributed by atoms with Crippen molar-refractivity contribution >= 4 is 5.91 Å². The van der Waals surface area contributed by atoms with E-state index < -0.39 is 0 Å². The Morgan fingerprint density at radius 1 is 0.967 bits per heavy atom. The maximum atomic E-state index is 13.1. The average Bonchev–Trinajstić information content (AvgIpc) is 3.12. The molecule has 1 amide bonds. The van der Waals surface area contributed by atoms with Gasteiger partial charge in [0.05, 0.1) is 5.69 Å². The molecule has 1 fully saturated rings. The van der Waals surface area contributed by atoms with Crippen molar-refractivity contribution in [1.82, 2.24) is 25.4 Å². The van der Waals surface area contributed by atoms with Crippen molar-refractivity contribution < 1.29 is 4.79 Å². The molecule has 1 saturated heterocycles. The van der Waals surface area contributed by atoms with Crippen molar-refractivity contribution in [3.05, 3.63) is 66.5 Å². The first-order chi connectivity index (χ1) is 14.2. The summed E-state index contributed by atoms with van der Waals surface area (Å²) in [6.07, 6.45) is 1.71. The summed E-state index contributed by atoms with van der Waals surface area (Å²) in [7, 11) is 0. The number of nitrogens with zero attached hydrogens (tertiary/aromatic N) is 3. The van der Waals surface area contributed by atoms with Gasteiger partial charge in [-0.15, -0.1) is 5.10 Å². The van der Waals surface area contributed by atoms with Gasteiger partial charge in [0.1, 0.15) is 0 Å². The third kappa shape index (κ3) is 4.44. The largest absolute Gasteiger partial charge is 0.346 e. The Kier molecular flexibility index (Phi) is 5.20. The van der Waals surface area contributed by atoms with Crippen molar-refractivity contribution in [2.24, 2.45) is 0 Å². The van der Waals surface area contributed by atoms with Gasteiger partial charge >= 0.3 is 0 Å². The summed E-state index contributed by atoms with van der Waals surface area (Å²) in [6.45, 7) is 8.68. The Bertz CT molecular complexity index is 951. The predicted molar refractivity (Wildman–Crippen MR) is 119 cm³/mol. The molecule has 2 heterocycles. The summed E-state index contributed by atoms with van der Waals surface area (Å²) < 4.78 is 1.74. The summed E-state index contributed by atoms with van der Waals surface area (Å²) in [5.74, 6) is 0.602. The normalized spacial score (nSPS) is 18.1. The van der Waals surface area contributed by atoms with Crippen LogP contribution >= 0.6 is 0 Å². The minimum Gasteiger partial charge on any atom is -0.346 e. The first-order valence-electron chi connectivity index (χ1n) is 10.4. The monoisotopic (exact) mass is 403 g/mol. The van der Waals surface area contributed by atoms with E-state index in [4.69, 9.17) is 0 Å². The number of rotatable bonds is 4. The number of piperidine rings is 1. The van der Waals surface area contributed by atoms with Gasteiger partial charge < -0.3 is 10.6 Å². The molecule has 0 unspecified atom stereocenters. The highest BCUT2D eigenvalue weighted by molar-refractivity contribution is 5.91. The second-order valence-corrected chi connectivity index (χ2v) is 9.34. The first kappa shape index (κ1) is 20.3. The van der Waals surface area contributed by atoms with E-state index >= 15 is 0 Å². The number of amides is 1. The van der Waals surface area contributed by atoms with E-state index in [1.807, 2.05) is 60.7 Å². The lowest BCUT2D eigenvalue weighted by atomic mass is 9.79. The second kappa shape index (κ2) is 7.69. The topological polar surface area (TPSA) is 71.8 Å². The molecule has 156 valence electrons. The van der Waals surface area contributed by atoms with Gasteiger partial charge in [0, 0.05) is 22.7 Å². The highest BCUT2D eigenvalue weighted by Gasteiger charge is 2.38. The fourth-order valence-electron chi connectivity index (χ4n) is 4.61. The molecule has 1 aliphatic rings. The van der Waals surface area contributed by atoms with E-state index in [0.29, 0.717) is 5.82 Å². The molecule has 6 nitrogen and oxygen atoms in total. The minimum absolute atomic E-state index is 0.0499. The van der Waals surface area contributed by atoms with Crippen LogP contribution in [0.15, 0.2) is 60.7 Å². The van der Waals surface area contributed by atoms with Crippen LogP contribution in [-0.4, -0.2) is 37.8 Å². The van der Waals surface area contributed by atoms with Gasteiger partial charge in [0.25, 0.3) is 5.91 Å². The van der Waals surface area contributed by atoms with Gasteiger partial charge in [-0.1, -0.05) is 48.5 Å². The first-order valence-corrected chi connectivity index (χ1v) is 10.4. The van der Waals surface area contributed by atoms with E-state index in [1.165, 1.54) is 0 Å². The van der Waals surface area contributed by atoms with Crippen molar-refractivity contribution in [3.8, 4) is 17.1 Å². The predicted octanol–water partition coefficient (Wildman–Crippen LogP) is 3.97. The van der Waals surface area contributed by atoms with Gasteiger partial charge in [0.15, 0.2) is 5.82 Å². The molecular weight excluding hydrogens is 374 g/mol. The van der Waals surface area contributed by atoms with Gasteiger partial charge in [0.2, 0.25) is 5.82 Å². The smallest absolute Gasteiger partial charge is 0.291 e. The minimum atomic E-state index is -0.236. The number of nitrogens with one attached hydrogen (secondary N) is 2. The Hall–Kier alpha value is -2.99.